The second-order valence-electron chi connectivity index (χ2n) is 7.04. The third kappa shape index (κ3) is 4.07. The molecule has 0 bridgehead atoms. The summed E-state index contributed by atoms with van der Waals surface area (Å²) < 4.78 is 18.1. The topological polar surface area (TPSA) is 92.8 Å². The molecule has 156 valence electrons. The number of amides is 3. The van der Waals surface area contributed by atoms with Crippen molar-refractivity contribution in [3.05, 3.63) is 65.0 Å². The summed E-state index contributed by atoms with van der Waals surface area (Å²) in [6.07, 6.45) is -0.522. The Morgan fingerprint density at radius 3 is 2.30 bits per heavy atom. The van der Waals surface area contributed by atoms with Crippen LogP contribution in [0.15, 0.2) is 42.5 Å². The number of anilines is 1. The van der Waals surface area contributed by atoms with Crippen LogP contribution in [0.2, 0.25) is 0 Å². The molecule has 8 heteroatoms. The lowest BCUT2D eigenvalue weighted by atomic mass is 10.1. The van der Waals surface area contributed by atoms with Crippen LogP contribution in [0.25, 0.3) is 0 Å². The molecule has 0 spiro atoms. The SMILES string of the molecule is CC[C@@H](C)N1C(=O)c2ccc(C(=O)O[C@@H](C)C(=O)Nc3ccc(F)cc3)cc2C1=O. The molecule has 3 amide bonds. The number of carbonyl (C=O) groups is 4. The minimum atomic E-state index is -1.13. The maximum Gasteiger partial charge on any atom is 0.338 e. The average Bonchev–Trinajstić information content (AvgIpc) is 2.98. The number of carbonyl (C=O) groups excluding carboxylic acids is 4. The summed E-state index contributed by atoms with van der Waals surface area (Å²) >= 11 is 0. The van der Waals surface area contributed by atoms with E-state index in [4.69, 9.17) is 4.74 Å². The molecular formula is C22H21FN2O5. The Kier molecular flexibility index (Phi) is 5.96. The molecule has 30 heavy (non-hydrogen) atoms. The number of hydrogen-bond donors (Lipinski definition) is 1. The number of rotatable bonds is 6. The summed E-state index contributed by atoms with van der Waals surface area (Å²) in [6, 6.07) is 9.00. The van der Waals surface area contributed by atoms with Crippen molar-refractivity contribution < 1.29 is 28.3 Å². The highest BCUT2D eigenvalue weighted by molar-refractivity contribution is 6.22. The van der Waals surface area contributed by atoms with Gasteiger partial charge in [-0.2, -0.15) is 0 Å². The van der Waals surface area contributed by atoms with Gasteiger partial charge in [0.2, 0.25) is 0 Å². The molecular weight excluding hydrogens is 391 g/mol. The first-order valence-corrected chi connectivity index (χ1v) is 9.52. The summed E-state index contributed by atoms with van der Waals surface area (Å²) in [5.41, 5.74) is 0.788. The molecule has 3 rings (SSSR count). The standard InChI is InChI=1S/C22H21FN2O5/c1-4-12(2)25-20(27)17-10-5-14(11-18(17)21(25)28)22(29)30-13(3)19(26)24-16-8-6-15(23)7-9-16/h5-13H,4H2,1-3H3,(H,24,26)/t12-,13+/m1/s1. The van der Waals surface area contributed by atoms with Crippen molar-refractivity contribution in [3.63, 3.8) is 0 Å². The van der Waals surface area contributed by atoms with Crippen LogP contribution >= 0.6 is 0 Å². The molecule has 1 heterocycles. The summed E-state index contributed by atoms with van der Waals surface area (Å²) in [5, 5.41) is 2.52. The highest BCUT2D eigenvalue weighted by Crippen LogP contribution is 2.27. The Morgan fingerprint density at radius 2 is 1.67 bits per heavy atom. The van der Waals surface area contributed by atoms with Crippen molar-refractivity contribution >= 4 is 29.4 Å². The molecule has 1 N–H and O–H groups in total. The Labute approximate surface area is 172 Å². The van der Waals surface area contributed by atoms with Crippen LogP contribution in [-0.2, 0) is 9.53 Å². The van der Waals surface area contributed by atoms with Gasteiger partial charge in [0.05, 0.1) is 16.7 Å². The molecule has 0 radical (unpaired) electrons. The van der Waals surface area contributed by atoms with Gasteiger partial charge in [-0.1, -0.05) is 6.92 Å². The van der Waals surface area contributed by atoms with Crippen LogP contribution in [0.4, 0.5) is 10.1 Å². The number of nitrogens with one attached hydrogen (secondary N) is 1. The van der Waals surface area contributed by atoms with Crippen molar-refractivity contribution in [2.24, 2.45) is 0 Å². The van der Waals surface area contributed by atoms with Crippen molar-refractivity contribution in [1.29, 1.82) is 0 Å². The van der Waals surface area contributed by atoms with Crippen molar-refractivity contribution in [2.75, 3.05) is 5.32 Å². The Hall–Kier alpha value is -3.55. The zero-order valence-electron chi connectivity index (χ0n) is 16.8. The molecule has 0 aliphatic carbocycles. The van der Waals surface area contributed by atoms with Crippen LogP contribution in [-0.4, -0.2) is 40.7 Å². The quantitative estimate of drug-likeness (QED) is 0.580. The second-order valence-corrected chi connectivity index (χ2v) is 7.04. The molecule has 0 fully saturated rings. The zero-order chi connectivity index (χ0) is 22.0. The number of halogens is 1. The lowest BCUT2D eigenvalue weighted by molar-refractivity contribution is -0.123. The van der Waals surface area contributed by atoms with E-state index in [0.717, 1.165) is 0 Å². The molecule has 0 saturated heterocycles. The van der Waals surface area contributed by atoms with Crippen LogP contribution in [0, 0.1) is 5.82 Å². The van der Waals surface area contributed by atoms with Gasteiger partial charge in [-0.05, 0) is 62.7 Å². The van der Waals surface area contributed by atoms with Gasteiger partial charge in [0.1, 0.15) is 5.82 Å². The van der Waals surface area contributed by atoms with Crippen molar-refractivity contribution in [1.82, 2.24) is 4.90 Å². The molecule has 2 atom stereocenters. The number of ether oxygens (including phenoxy) is 1. The first kappa shape index (κ1) is 21.2. The maximum atomic E-state index is 12.9. The van der Waals surface area contributed by atoms with Gasteiger partial charge in [-0.3, -0.25) is 19.3 Å². The average molecular weight is 412 g/mol. The number of esters is 1. The third-order valence-electron chi connectivity index (χ3n) is 4.95. The molecule has 1 aliphatic rings. The highest BCUT2D eigenvalue weighted by Gasteiger charge is 2.38. The van der Waals surface area contributed by atoms with Gasteiger partial charge in [-0.25, -0.2) is 9.18 Å². The van der Waals surface area contributed by atoms with Gasteiger partial charge in [-0.15, -0.1) is 0 Å². The first-order valence-electron chi connectivity index (χ1n) is 9.52. The zero-order valence-corrected chi connectivity index (χ0v) is 16.8. The second kappa shape index (κ2) is 8.44. The molecule has 7 nitrogen and oxygen atoms in total. The lowest BCUT2D eigenvalue weighted by Gasteiger charge is -2.20. The summed E-state index contributed by atoms with van der Waals surface area (Å²) in [4.78, 5) is 50.9. The van der Waals surface area contributed by atoms with Gasteiger partial charge in [0.15, 0.2) is 6.10 Å². The predicted molar refractivity (Wildman–Crippen MR) is 107 cm³/mol. The number of nitrogens with zero attached hydrogens (tertiary/aromatic N) is 1. The van der Waals surface area contributed by atoms with Crippen molar-refractivity contribution in [2.45, 2.75) is 39.3 Å². The van der Waals surface area contributed by atoms with Crippen LogP contribution < -0.4 is 5.32 Å². The summed E-state index contributed by atoms with van der Waals surface area (Å²) in [7, 11) is 0. The monoisotopic (exact) mass is 412 g/mol. The predicted octanol–water partition coefficient (Wildman–Crippen LogP) is 3.40. The number of fused-ring (bicyclic) bond motifs is 1. The summed E-state index contributed by atoms with van der Waals surface area (Å²) in [5.74, 6) is -2.69. The minimum absolute atomic E-state index is 0.0577. The van der Waals surface area contributed by atoms with E-state index in [-0.39, 0.29) is 22.7 Å². The highest BCUT2D eigenvalue weighted by atomic mass is 19.1. The van der Waals surface area contributed by atoms with E-state index in [9.17, 15) is 23.6 Å². The molecule has 0 aromatic heterocycles. The normalized spacial score (nSPS) is 14.9. The van der Waals surface area contributed by atoms with E-state index in [1.165, 1.54) is 54.3 Å². The Morgan fingerprint density at radius 1 is 1.03 bits per heavy atom. The van der Waals surface area contributed by atoms with E-state index in [1.54, 1.807) is 6.92 Å². The lowest BCUT2D eigenvalue weighted by Crippen LogP contribution is -2.37. The van der Waals surface area contributed by atoms with Crippen LogP contribution in [0.3, 0.4) is 0 Å². The number of imide groups is 1. The van der Waals surface area contributed by atoms with Crippen molar-refractivity contribution in [3.8, 4) is 0 Å². The fourth-order valence-electron chi connectivity index (χ4n) is 3.03. The number of hydrogen-bond acceptors (Lipinski definition) is 5. The van der Waals surface area contributed by atoms with E-state index in [2.05, 4.69) is 5.32 Å². The fourth-order valence-corrected chi connectivity index (χ4v) is 3.03. The van der Waals surface area contributed by atoms with Gasteiger partial charge < -0.3 is 10.1 Å². The summed E-state index contributed by atoms with van der Waals surface area (Å²) in [6.45, 7) is 5.04. The molecule has 2 aromatic carbocycles. The van der Waals surface area contributed by atoms with E-state index >= 15 is 0 Å². The van der Waals surface area contributed by atoms with Gasteiger partial charge in [0, 0.05) is 11.7 Å². The van der Waals surface area contributed by atoms with Crippen LogP contribution in [0.1, 0.15) is 58.3 Å². The third-order valence-corrected chi connectivity index (χ3v) is 4.95. The maximum absolute atomic E-state index is 12.9. The molecule has 0 unspecified atom stereocenters. The largest absolute Gasteiger partial charge is 0.449 e. The fraction of sp³-hybridized carbons (Fsp3) is 0.273. The molecule has 0 saturated carbocycles. The minimum Gasteiger partial charge on any atom is -0.449 e. The first-order chi connectivity index (χ1) is 14.2. The Bertz CT molecular complexity index is 1020. The van der Waals surface area contributed by atoms with Gasteiger partial charge >= 0.3 is 5.97 Å². The van der Waals surface area contributed by atoms with E-state index in [1.807, 2.05) is 6.92 Å². The van der Waals surface area contributed by atoms with E-state index in [0.29, 0.717) is 12.1 Å². The smallest absolute Gasteiger partial charge is 0.338 e. The number of benzene rings is 2. The molecule has 1 aliphatic heterocycles. The van der Waals surface area contributed by atoms with Gasteiger partial charge in [0.25, 0.3) is 17.7 Å². The molecule has 2 aromatic rings. The van der Waals surface area contributed by atoms with E-state index < -0.39 is 35.6 Å². The van der Waals surface area contributed by atoms with Crippen LogP contribution in [0.5, 0.6) is 0 Å². The Balaban J connectivity index is 1.70.